The van der Waals surface area contributed by atoms with Gasteiger partial charge in [-0.25, -0.2) is 0 Å². The molecule has 1 aliphatic rings. The average molecular weight is 375 g/mol. The predicted octanol–water partition coefficient (Wildman–Crippen LogP) is 3.75. The highest BCUT2D eigenvalue weighted by Gasteiger charge is 2.20. The molecule has 1 heterocycles. The molecule has 144 valence electrons. The van der Waals surface area contributed by atoms with Crippen LogP contribution in [0.5, 0.6) is 5.75 Å². The molecule has 0 atom stereocenters. The summed E-state index contributed by atoms with van der Waals surface area (Å²) < 4.78 is 29.2. The number of carbonyl (C=O) groups is 1. The smallest absolute Gasteiger partial charge is 0.387 e. The molecule has 5 nitrogen and oxygen atoms in total. The number of carbonyl (C=O) groups excluding carboxylic acids is 1. The van der Waals surface area contributed by atoms with E-state index in [9.17, 15) is 13.6 Å². The van der Waals surface area contributed by atoms with Gasteiger partial charge >= 0.3 is 6.61 Å². The lowest BCUT2D eigenvalue weighted by atomic mass is 10.0. The number of anilines is 3. The first-order valence-corrected chi connectivity index (χ1v) is 8.82. The Morgan fingerprint density at radius 1 is 1.22 bits per heavy atom. The van der Waals surface area contributed by atoms with E-state index in [2.05, 4.69) is 10.1 Å². The van der Waals surface area contributed by atoms with Crippen molar-refractivity contribution in [1.82, 2.24) is 0 Å². The van der Waals surface area contributed by atoms with E-state index in [0.29, 0.717) is 0 Å². The van der Waals surface area contributed by atoms with Crippen molar-refractivity contribution < 1.29 is 18.3 Å². The summed E-state index contributed by atoms with van der Waals surface area (Å²) in [5, 5.41) is 2.90. The molecule has 0 saturated carbocycles. The predicted molar refractivity (Wildman–Crippen MR) is 103 cm³/mol. The van der Waals surface area contributed by atoms with Gasteiger partial charge in [-0.3, -0.25) is 4.79 Å². The highest BCUT2D eigenvalue weighted by Crippen LogP contribution is 2.31. The van der Waals surface area contributed by atoms with Crippen LogP contribution < -0.4 is 19.9 Å². The Labute approximate surface area is 157 Å². The summed E-state index contributed by atoms with van der Waals surface area (Å²) in [5.74, 6) is 0.0318. The number of fused-ring (bicyclic) bond motifs is 1. The van der Waals surface area contributed by atoms with E-state index < -0.39 is 6.61 Å². The van der Waals surface area contributed by atoms with Gasteiger partial charge in [0.1, 0.15) is 5.75 Å². The van der Waals surface area contributed by atoms with Crippen molar-refractivity contribution in [3.8, 4) is 5.75 Å². The molecular formula is C20H23F2N3O2. The third kappa shape index (κ3) is 4.87. The van der Waals surface area contributed by atoms with Crippen LogP contribution in [0.15, 0.2) is 42.5 Å². The molecule has 0 unspecified atom stereocenters. The lowest BCUT2D eigenvalue weighted by Gasteiger charge is -2.31. The summed E-state index contributed by atoms with van der Waals surface area (Å²) in [4.78, 5) is 16.4. The first kappa shape index (κ1) is 18.9. The van der Waals surface area contributed by atoms with Crippen molar-refractivity contribution in [2.75, 3.05) is 42.3 Å². The Hall–Kier alpha value is -2.83. The van der Waals surface area contributed by atoms with E-state index in [-0.39, 0.29) is 18.2 Å². The van der Waals surface area contributed by atoms with Gasteiger partial charge in [-0.1, -0.05) is 0 Å². The van der Waals surface area contributed by atoms with E-state index in [4.69, 9.17) is 0 Å². The van der Waals surface area contributed by atoms with Gasteiger partial charge in [0.15, 0.2) is 0 Å². The van der Waals surface area contributed by atoms with E-state index in [1.165, 1.54) is 6.07 Å². The first-order chi connectivity index (χ1) is 12.9. The molecule has 0 bridgehead atoms. The Bertz CT molecular complexity index is 794. The van der Waals surface area contributed by atoms with Crippen LogP contribution in [0.2, 0.25) is 0 Å². The topological polar surface area (TPSA) is 44.8 Å². The summed E-state index contributed by atoms with van der Waals surface area (Å²) in [6.07, 6.45) is 1.63. The summed E-state index contributed by atoms with van der Waals surface area (Å²) in [6.45, 7) is -1.89. The Morgan fingerprint density at radius 3 is 2.63 bits per heavy atom. The second-order valence-corrected chi connectivity index (χ2v) is 6.68. The zero-order valence-corrected chi connectivity index (χ0v) is 15.4. The minimum absolute atomic E-state index is 0.117. The Kier molecular flexibility index (Phi) is 5.78. The molecule has 27 heavy (non-hydrogen) atoms. The third-order valence-corrected chi connectivity index (χ3v) is 4.49. The van der Waals surface area contributed by atoms with Crippen molar-refractivity contribution in [3.63, 3.8) is 0 Å². The largest absolute Gasteiger partial charge is 0.435 e. The second kappa shape index (κ2) is 8.24. The van der Waals surface area contributed by atoms with Crippen LogP contribution in [0.25, 0.3) is 0 Å². The van der Waals surface area contributed by atoms with Crippen LogP contribution in [-0.4, -0.2) is 39.7 Å². The van der Waals surface area contributed by atoms with Crippen molar-refractivity contribution in [2.24, 2.45) is 0 Å². The second-order valence-electron chi connectivity index (χ2n) is 6.68. The Balaban J connectivity index is 1.65. The summed E-state index contributed by atoms with van der Waals surface area (Å²) in [6, 6.07) is 12.5. The van der Waals surface area contributed by atoms with Gasteiger partial charge in [-0.2, -0.15) is 8.78 Å². The normalized spacial score (nSPS) is 13.3. The third-order valence-electron chi connectivity index (χ3n) is 4.49. The van der Waals surface area contributed by atoms with Crippen molar-refractivity contribution in [1.29, 1.82) is 0 Å². The summed E-state index contributed by atoms with van der Waals surface area (Å²) in [7, 11) is 3.91. The number of ether oxygens (including phenoxy) is 1. The first-order valence-electron chi connectivity index (χ1n) is 8.82. The van der Waals surface area contributed by atoms with Crippen molar-refractivity contribution in [2.45, 2.75) is 19.5 Å². The number of benzene rings is 2. The molecule has 3 rings (SSSR count). The van der Waals surface area contributed by atoms with Gasteiger partial charge in [0.05, 0.1) is 6.54 Å². The number of hydrogen-bond acceptors (Lipinski definition) is 4. The SMILES string of the molecule is CN(C)c1ccc(NC(=O)CN2CCCc3cc(OC(F)F)ccc32)cc1. The maximum Gasteiger partial charge on any atom is 0.387 e. The molecule has 2 aromatic carbocycles. The van der Waals surface area contributed by atoms with Gasteiger partial charge in [0.25, 0.3) is 0 Å². The van der Waals surface area contributed by atoms with E-state index in [1.807, 2.05) is 48.2 Å². The molecule has 7 heteroatoms. The standard InChI is InChI=1S/C20H23F2N3O2/c1-24(2)16-7-5-15(6-8-16)23-19(26)13-25-11-3-4-14-12-17(27-20(21)22)9-10-18(14)25/h5-10,12,20H,3-4,11,13H2,1-2H3,(H,23,26). The number of alkyl halides is 2. The number of nitrogens with one attached hydrogen (secondary N) is 1. The van der Waals surface area contributed by atoms with Crippen LogP contribution in [-0.2, 0) is 11.2 Å². The lowest BCUT2D eigenvalue weighted by Crippen LogP contribution is -2.36. The maximum absolute atomic E-state index is 12.4. The quantitative estimate of drug-likeness (QED) is 0.835. The average Bonchev–Trinajstić information content (AvgIpc) is 2.61. The number of hydrogen-bond donors (Lipinski definition) is 1. The minimum Gasteiger partial charge on any atom is -0.435 e. The maximum atomic E-state index is 12.4. The highest BCUT2D eigenvalue weighted by molar-refractivity contribution is 5.94. The van der Waals surface area contributed by atoms with Crippen LogP contribution in [0.4, 0.5) is 25.8 Å². The van der Waals surface area contributed by atoms with Crippen LogP contribution in [0.3, 0.4) is 0 Å². The van der Waals surface area contributed by atoms with Crippen LogP contribution >= 0.6 is 0 Å². The molecule has 2 aromatic rings. The molecule has 0 radical (unpaired) electrons. The molecule has 0 spiro atoms. The molecule has 0 fully saturated rings. The van der Waals surface area contributed by atoms with Gasteiger partial charge in [-0.05, 0) is 60.9 Å². The fourth-order valence-corrected chi connectivity index (χ4v) is 3.21. The van der Waals surface area contributed by atoms with E-state index in [0.717, 1.165) is 42.0 Å². The molecule has 1 aliphatic heterocycles. The molecule has 0 aromatic heterocycles. The summed E-state index contributed by atoms with van der Waals surface area (Å²) >= 11 is 0. The molecular weight excluding hydrogens is 352 g/mol. The zero-order chi connectivity index (χ0) is 19.4. The van der Waals surface area contributed by atoms with E-state index in [1.54, 1.807) is 12.1 Å². The highest BCUT2D eigenvalue weighted by atomic mass is 19.3. The fraction of sp³-hybridized carbons (Fsp3) is 0.350. The monoisotopic (exact) mass is 375 g/mol. The summed E-state index contributed by atoms with van der Waals surface area (Å²) in [5.41, 5.74) is 3.60. The molecule has 1 amide bonds. The minimum atomic E-state index is -2.84. The van der Waals surface area contributed by atoms with Gasteiger partial charge in [-0.15, -0.1) is 0 Å². The fourth-order valence-electron chi connectivity index (χ4n) is 3.21. The number of nitrogens with zero attached hydrogens (tertiary/aromatic N) is 2. The van der Waals surface area contributed by atoms with E-state index >= 15 is 0 Å². The number of aryl methyl sites for hydroxylation is 1. The van der Waals surface area contributed by atoms with Crippen LogP contribution in [0, 0.1) is 0 Å². The van der Waals surface area contributed by atoms with Crippen molar-refractivity contribution in [3.05, 3.63) is 48.0 Å². The van der Waals surface area contributed by atoms with Crippen LogP contribution in [0.1, 0.15) is 12.0 Å². The lowest BCUT2D eigenvalue weighted by molar-refractivity contribution is -0.115. The molecule has 0 aliphatic carbocycles. The number of rotatable bonds is 6. The molecule has 0 saturated heterocycles. The van der Waals surface area contributed by atoms with Gasteiger partial charge in [0, 0.05) is 37.7 Å². The zero-order valence-electron chi connectivity index (χ0n) is 15.4. The number of amides is 1. The van der Waals surface area contributed by atoms with Gasteiger partial charge < -0.3 is 19.9 Å². The molecule has 1 N–H and O–H groups in total. The van der Waals surface area contributed by atoms with Crippen molar-refractivity contribution >= 4 is 23.0 Å². The van der Waals surface area contributed by atoms with Gasteiger partial charge in [0.2, 0.25) is 5.91 Å². The number of halogens is 2. The Morgan fingerprint density at radius 2 is 1.96 bits per heavy atom.